The quantitative estimate of drug-likeness (QED) is 0.176. The van der Waals surface area contributed by atoms with Gasteiger partial charge in [-0.2, -0.15) is 4.31 Å². The SMILES string of the molecule is C=CCN(C)CCCCCCOC1CCC(N(C)S(=O)(=O)c2ccc([N+](=O)[O-])cc2)CC1. The molecule has 0 radical (unpaired) electrons. The fourth-order valence-corrected chi connectivity index (χ4v) is 5.49. The fraction of sp³-hybridized carbons (Fsp3) is 0.652. The first-order valence-corrected chi connectivity index (χ1v) is 12.8. The van der Waals surface area contributed by atoms with Crippen molar-refractivity contribution in [2.45, 2.75) is 68.4 Å². The van der Waals surface area contributed by atoms with Crippen LogP contribution in [0, 0.1) is 10.1 Å². The van der Waals surface area contributed by atoms with Crippen molar-refractivity contribution >= 4 is 15.7 Å². The third kappa shape index (κ3) is 7.95. The van der Waals surface area contributed by atoms with Crippen LogP contribution < -0.4 is 0 Å². The zero-order chi connectivity index (χ0) is 23.6. The number of nitrogens with zero attached hydrogens (tertiary/aromatic N) is 3. The molecule has 32 heavy (non-hydrogen) atoms. The van der Waals surface area contributed by atoms with Crippen LogP contribution in [0.4, 0.5) is 5.69 Å². The van der Waals surface area contributed by atoms with E-state index in [2.05, 4.69) is 18.5 Å². The number of ether oxygens (including phenoxy) is 1. The molecule has 0 aromatic heterocycles. The number of nitro groups is 1. The van der Waals surface area contributed by atoms with Crippen LogP contribution in [-0.2, 0) is 14.8 Å². The van der Waals surface area contributed by atoms with Gasteiger partial charge in [-0.1, -0.05) is 18.9 Å². The lowest BCUT2D eigenvalue weighted by atomic mass is 9.93. The molecule has 0 heterocycles. The maximum Gasteiger partial charge on any atom is 0.269 e. The Morgan fingerprint density at radius 3 is 2.31 bits per heavy atom. The molecule has 1 aromatic rings. The van der Waals surface area contributed by atoms with Gasteiger partial charge in [-0.25, -0.2) is 8.42 Å². The third-order valence-corrected chi connectivity index (χ3v) is 8.04. The molecule has 0 unspecified atom stereocenters. The smallest absolute Gasteiger partial charge is 0.269 e. The number of nitro benzene ring substituents is 1. The molecule has 0 spiro atoms. The van der Waals surface area contributed by atoms with Gasteiger partial charge in [0.2, 0.25) is 10.0 Å². The normalized spacial score (nSPS) is 19.4. The first-order chi connectivity index (χ1) is 15.3. The molecule has 1 fully saturated rings. The second kappa shape index (κ2) is 13.0. The average Bonchev–Trinajstić information content (AvgIpc) is 2.78. The summed E-state index contributed by atoms with van der Waals surface area (Å²) in [5.74, 6) is 0. The number of non-ortho nitro benzene ring substituents is 1. The fourth-order valence-electron chi connectivity index (χ4n) is 4.08. The summed E-state index contributed by atoms with van der Waals surface area (Å²) in [5, 5.41) is 10.8. The molecule has 2 rings (SSSR count). The van der Waals surface area contributed by atoms with Crippen molar-refractivity contribution in [3.05, 3.63) is 47.0 Å². The van der Waals surface area contributed by atoms with E-state index in [4.69, 9.17) is 4.74 Å². The first kappa shape index (κ1) is 26.4. The van der Waals surface area contributed by atoms with Crippen molar-refractivity contribution in [1.29, 1.82) is 0 Å². The monoisotopic (exact) mass is 467 g/mol. The molecule has 0 amide bonds. The van der Waals surface area contributed by atoms with Gasteiger partial charge in [-0.05, 0) is 64.3 Å². The minimum Gasteiger partial charge on any atom is -0.378 e. The van der Waals surface area contributed by atoms with E-state index in [1.165, 1.54) is 41.4 Å². The second-order valence-electron chi connectivity index (χ2n) is 8.54. The van der Waals surface area contributed by atoms with E-state index in [-0.39, 0.29) is 22.7 Å². The van der Waals surface area contributed by atoms with Crippen molar-refractivity contribution < 1.29 is 18.1 Å². The Labute approximate surface area is 192 Å². The minimum absolute atomic E-state index is 0.0809. The van der Waals surface area contributed by atoms with Crippen LogP contribution in [0.3, 0.4) is 0 Å². The maximum absolute atomic E-state index is 12.9. The van der Waals surface area contributed by atoms with Crippen LogP contribution in [0.2, 0.25) is 0 Å². The largest absolute Gasteiger partial charge is 0.378 e. The number of rotatable bonds is 14. The Bertz CT molecular complexity index is 821. The Morgan fingerprint density at radius 2 is 1.72 bits per heavy atom. The lowest BCUT2D eigenvalue weighted by Crippen LogP contribution is -2.40. The molecule has 0 N–H and O–H groups in total. The number of hydrogen-bond acceptors (Lipinski definition) is 6. The van der Waals surface area contributed by atoms with E-state index in [0.717, 1.165) is 58.2 Å². The van der Waals surface area contributed by atoms with Crippen LogP contribution >= 0.6 is 0 Å². The molecule has 0 aliphatic heterocycles. The lowest BCUT2D eigenvalue weighted by molar-refractivity contribution is -0.384. The summed E-state index contributed by atoms with van der Waals surface area (Å²) >= 11 is 0. The van der Waals surface area contributed by atoms with Crippen LogP contribution in [0.25, 0.3) is 0 Å². The van der Waals surface area contributed by atoms with Crippen molar-refractivity contribution in [3.8, 4) is 0 Å². The Kier molecular flexibility index (Phi) is 10.8. The van der Waals surface area contributed by atoms with E-state index >= 15 is 0 Å². The molecule has 0 atom stereocenters. The summed E-state index contributed by atoms with van der Waals surface area (Å²) in [4.78, 5) is 12.6. The summed E-state index contributed by atoms with van der Waals surface area (Å²) in [7, 11) is 0.0219. The highest BCUT2D eigenvalue weighted by Gasteiger charge is 2.32. The van der Waals surface area contributed by atoms with Crippen LogP contribution in [0.5, 0.6) is 0 Å². The lowest BCUT2D eigenvalue weighted by Gasteiger charge is -2.34. The number of unbranched alkanes of at least 4 members (excludes halogenated alkanes) is 3. The molecule has 1 aliphatic rings. The van der Waals surface area contributed by atoms with E-state index in [1.54, 1.807) is 7.05 Å². The van der Waals surface area contributed by atoms with Gasteiger partial charge in [0.15, 0.2) is 0 Å². The van der Waals surface area contributed by atoms with E-state index < -0.39 is 14.9 Å². The first-order valence-electron chi connectivity index (χ1n) is 11.4. The number of likely N-dealkylation sites (N-methyl/N-ethyl adjacent to an activating group) is 1. The molecule has 180 valence electrons. The topological polar surface area (TPSA) is 93.0 Å². The minimum atomic E-state index is -3.68. The third-order valence-electron chi connectivity index (χ3n) is 6.11. The van der Waals surface area contributed by atoms with Crippen molar-refractivity contribution in [2.24, 2.45) is 0 Å². The van der Waals surface area contributed by atoms with Crippen LogP contribution in [0.1, 0.15) is 51.4 Å². The Balaban J connectivity index is 1.68. The standard InChI is InChI=1S/C23H37N3O5S/c1-4-17-24(2)18-7-5-6-8-19-31-22-13-9-20(10-14-22)25(3)32(29,30)23-15-11-21(12-16-23)26(27)28/h4,11-12,15-16,20,22H,1,5-10,13-14,17-19H2,2-3H3. The predicted octanol–water partition coefficient (Wildman–Crippen LogP) is 4.22. The van der Waals surface area contributed by atoms with E-state index in [9.17, 15) is 18.5 Å². The average molecular weight is 468 g/mol. The van der Waals surface area contributed by atoms with Crippen molar-refractivity contribution in [3.63, 3.8) is 0 Å². The maximum atomic E-state index is 12.9. The highest BCUT2D eigenvalue weighted by molar-refractivity contribution is 7.89. The Morgan fingerprint density at radius 1 is 1.09 bits per heavy atom. The van der Waals surface area contributed by atoms with Gasteiger partial charge in [-0.15, -0.1) is 6.58 Å². The number of sulfonamides is 1. The van der Waals surface area contributed by atoms with Crippen LogP contribution in [-0.4, -0.2) is 68.5 Å². The second-order valence-corrected chi connectivity index (χ2v) is 10.5. The number of benzene rings is 1. The highest BCUT2D eigenvalue weighted by atomic mass is 32.2. The summed E-state index contributed by atoms with van der Waals surface area (Å²) in [6, 6.07) is 4.98. The summed E-state index contributed by atoms with van der Waals surface area (Å²) in [6.45, 7) is 6.53. The van der Waals surface area contributed by atoms with Gasteiger partial charge < -0.3 is 9.64 Å². The molecular formula is C23H37N3O5S. The molecule has 9 heteroatoms. The predicted molar refractivity (Wildman–Crippen MR) is 126 cm³/mol. The molecule has 1 aliphatic carbocycles. The van der Waals surface area contributed by atoms with E-state index in [1.807, 2.05) is 6.08 Å². The summed E-state index contributed by atoms with van der Waals surface area (Å²) in [5.41, 5.74) is -0.121. The molecule has 0 bridgehead atoms. The zero-order valence-electron chi connectivity index (χ0n) is 19.3. The summed E-state index contributed by atoms with van der Waals surface area (Å²) in [6.07, 6.45) is 9.91. The molecular weight excluding hydrogens is 430 g/mol. The van der Waals surface area contributed by atoms with Crippen molar-refractivity contribution in [2.75, 3.05) is 33.8 Å². The van der Waals surface area contributed by atoms with Gasteiger partial charge in [0.1, 0.15) is 0 Å². The highest BCUT2D eigenvalue weighted by Crippen LogP contribution is 2.29. The van der Waals surface area contributed by atoms with E-state index in [0.29, 0.717) is 0 Å². The molecule has 1 saturated carbocycles. The number of hydrogen-bond donors (Lipinski definition) is 0. The van der Waals surface area contributed by atoms with Gasteiger partial charge >= 0.3 is 0 Å². The molecule has 0 saturated heterocycles. The van der Waals surface area contributed by atoms with Gasteiger partial charge in [0, 0.05) is 38.4 Å². The van der Waals surface area contributed by atoms with Crippen molar-refractivity contribution in [1.82, 2.24) is 9.21 Å². The Hall–Kier alpha value is -1.81. The zero-order valence-corrected chi connectivity index (χ0v) is 20.1. The summed E-state index contributed by atoms with van der Waals surface area (Å²) < 4.78 is 33.2. The van der Waals surface area contributed by atoms with Gasteiger partial charge in [0.25, 0.3) is 5.69 Å². The molecule has 8 nitrogen and oxygen atoms in total. The van der Waals surface area contributed by atoms with Gasteiger partial charge in [-0.3, -0.25) is 10.1 Å². The van der Waals surface area contributed by atoms with Gasteiger partial charge in [0.05, 0.1) is 15.9 Å². The molecule has 1 aromatic carbocycles. The van der Waals surface area contributed by atoms with Crippen LogP contribution in [0.15, 0.2) is 41.8 Å².